The van der Waals surface area contributed by atoms with Crippen LogP contribution in [0.3, 0.4) is 0 Å². The Morgan fingerprint density at radius 1 is 1.10 bits per heavy atom. The van der Waals surface area contributed by atoms with Crippen LogP contribution in [-0.4, -0.2) is 36.7 Å². The van der Waals surface area contributed by atoms with Crippen LogP contribution in [0.25, 0.3) is 10.9 Å². The monoisotopic (exact) mass is 423 g/mol. The minimum Gasteiger partial charge on any atom is -0.282 e. The van der Waals surface area contributed by atoms with E-state index in [0.717, 1.165) is 5.39 Å². The molecule has 1 saturated heterocycles. The van der Waals surface area contributed by atoms with Gasteiger partial charge in [-0.1, -0.05) is 36.4 Å². The van der Waals surface area contributed by atoms with Crippen molar-refractivity contribution in [2.75, 3.05) is 11.3 Å². The molecule has 154 valence electrons. The molecule has 1 N–H and O–H groups in total. The average molecular weight is 423 g/mol. The lowest BCUT2D eigenvalue weighted by Crippen LogP contribution is -2.30. The van der Waals surface area contributed by atoms with Gasteiger partial charge in [0.1, 0.15) is 0 Å². The second-order valence-electron chi connectivity index (χ2n) is 7.21. The number of carbonyl (C=O) groups excluding carboxylic acids is 2. The number of carbonyl (C=O) groups is 2. The number of fused-ring (bicyclic) bond motifs is 1. The number of likely N-dealkylation sites (N-methyl/N-ethyl adjacent to an activating group) is 1. The highest BCUT2D eigenvalue weighted by Crippen LogP contribution is 2.36. The van der Waals surface area contributed by atoms with Crippen molar-refractivity contribution >= 4 is 38.4 Å². The number of anilines is 1. The van der Waals surface area contributed by atoms with E-state index < -0.39 is 15.9 Å². The Morgan fingerprint density at radius 3 is 2.57 bits per heavy atom. The number of hydrogen-bond acceptors (Lipinski definition) is 5. The molecule has 0 saturated carbocycles. The van der Waals surface area contributed by atoms with E-state index in [0.29, 0.717) is 22.3 Å². The van der Waals surface area contributed by atoms with E-state index in [1.54, 1.807) is 56.4 Å². The van der Waals surface area contributed by atoms with Gasteiger partial charge in [0.25, 0.3) is 10.0 Å². The van der Waals surface area contributed by atoms with Crippen molar-refractivity contribution in [3.8, 4) is 0 Å². The summed E-state index contributed by atoms with van der Waals surface area (Å²) >= 11 is 0. The van der Waals surface area contributed by atoms with E-state index in [2.05, 4.69) is 9.71 Å². The first-order valence-corrected chi connectivity index (χ1v) is 11.1. The quantitative estimate of drug-likeness (QED) is 0.636. The third-order valence-corrected chi connectivity index (χ3v) is 6.91. The van der Waals surface area contributed by atoms with Gasteiger partial charge in [-0.05, 0) is 37.1 Å². The zero-order valence-electron chi connectivity index (χ0n) is 16.6. The van der Waals surface area contributed by atoms with Crippen LogP contribution in [0.5, 0.6) is 0 Å². The lowest BCUT2D eigenvalue weighted by atomic mass is 9.96. The highest BCUT2D eigenvalue weighted by molar-refractivity contribution is 7.92. The van der Waals surface area contributed by atoms with Gasteiger partial charge in [0.2, 0.25) is 11.8 Å². The van der Waals surface area contributed by atoms with Crippen LogP contribution in [0.4, 0.5) is 5.69 Å². The Bertz CT molecular complexity index is 1270. The summed E-state index contributed by atoms with van der Waals surface area (Å²) in [4.78, 5) is 30.5. The molecule has 7 nitrogen and oxygen atoms in total. The molecule has 1 fully saturated rings. The maximum Gasteiger partial charge on any atom is 0.262 e. The highest BCUT2D eigenvalue weighted by Gasteiger charge is 2.41. The Morgan fingerprint density at radius 2 is 1.83 bits per heavy atom. The zero-order valence-corrected chi connectivity index (χ0v) is 17.4. The molecule has 2 aromatic carbocycles. The molecule has 0 radical (unpaired) electrons. The van der Waals surface area contributed by atoms with Gasteiger partial charge in [0, 0.05) is 24.5 Å². The van der Waals surface area contributed by atoms with E-state index in [4.69, 9.17) is 0 Å². The summed E-state index contributed by atoms with van der Waals surface area (Å²) < 4.78 is 29.5. The van der Waals surface area contributed by atoms with Crippen molar-refractivity contribution in [2.24, 2.45) is 0 Å². The van der Waals surface area contributed by atoms with Crippen molar-refractivity contribution in [2.45, 2.75) is 31.1 Å². The predicted octanol–water partition coefficient (Wildman–Crippen LogP) is 3.21. The molecule has 1 aliphatic heterocycles. The van der Waals surface area contributed by atoms with E-state index in [1.165, 1.54) is 4.90 Å². The molecule has 1 atom stereocenters. The molecule has 30 heavy (non-hydrogen) atoms. The topological polar surface area (TPSA) is 96.4 Å². The van der Waals surface area contributed by atoms with Crippen molar-refractivity contribution in [1.82, 2.24) is 9.88 Å². The number of rotatable bonds is 5. The van der Waals surface area contributed by atoms with Crippen molar-refractivity contribution in [1.29, 1.82) is 0 Å². The molecule has 1 aliphatic rings. The van der Waals surface area contributed by atoms with Crippen molar-refractivity contribution in [3.05, 3.63) is 65.9 Å². The van der Waals surface area contributed by atoms with E-state index >= 15 is 0 Å². The first-order valence-electron chi connectivity index (χ1n) is 9.63. The molecule has 3 aromatic rings. The third-order valence-electron chi connectivity index (χ3n) is 5.32. The van der Waals surface area contributed by atoms with E-state index in [9.17, 15) is 18.0 Å². The van der Waals surface area contributed by atoms with Gasteiger partial charge >= 0.3 is 0 Å². The Kier molecular flexibility index (Phi) is 5.03. The normalized spacial score (nSPS) is 17.0. The number of nitrogens with one attached hydrogen (secondary N) is 1. The number of sulfonamides is 1. The molecule has 0 aliphatic carbocycles. The highest BCUT2D eigenvalue weighted by atomic mass is 32.2. The second-order valence-corrected chi connectivity index (χ2v) is 8.83. The SMILES string of the molecule is CCN1C(=O)CC(c2cccc(C)c2S(=O)(=O)Nc2cccc3cccnc23)C1=O. The fraction of sp³-hybridized carbons (Fsp3) is 0.227. The second kappa shape index (κ2) is 7.53. The number of nitrogens with zero attached hydrogens (tertiary/aromatic N) is 2. The third kappa shape index (κ3) is 3.33. The smallest absolute Gasteiger partial charge is 0.262 e. The van der Waals surface area contributed by atoms with Gasteiger partial charge in [-0.25, -0.2) is 8.42 Å². The molecule has 0 bridgehead atoms. The van der Waals surface area contributed by atoms with Crippen molar-refractivity contribution < 1.29 is 18.0 Å². The lowest BCUT2D eigenvalue weighted by molar-refractivity contribution is -0.138. The summed E-state index contributed by atoms with van der Waals surface area (Å²) in [5, 5.41) is 0.804. The summed E-state index contributed by atoms with van der Waals surface area (Å²) in [7, 11) is -4.04. The number of amides is 2. The maximum absolute atomic E-state index is 13.4. The first kappa shape index (κ1) is 20.0. The van der Waals surface area contributed by atoms with Gasteiger partial charge in [0.15, 0.2) is 0 Å². The molecular weight excluding hydrogens is 402 g/mol. The van der Waals surface area contributed by atoms with Crippen LogP contribution in [0.15, 0.2) is 59.6 Å². The molecule has 1 aromatic heterocycles. The number of hydrogen-bond donors (Lipinski definition) is 1. The number of aryl methyl sites for hydroxylation is 1. The molecule has 2 heterocycles. The van der Waals surface area contributed by atoms with Crippen molar-refractivity contribution in [3.63, 3.8) is 0 Å². The van der Waals surface area contributed by atoms with Crippen LogP contribution in [0.2, 0.25) is 0 Å². The summed E-state index contributed by atoms with van der Waals surface area (Å²) in [6.07, 6.45) is 1.57. The van der Waals surface area contributed by atoms with Gasteiger partial charge in [-0.3, -0.25) is 24.2 Å². The van der Waals surface area contributed by atoms with Gasteiger partial charge in [-0.15, -0.1) is 0 Å². The summed E-state index contributed by atoms with van der Waals surface area (Å²) in [6, 6.07) is 13.9. The minimum atomic E-state index is -4.04. The number of benzene rings is 2. The number of aromatic nitrogens is 1. The number of pyridine rings is 1. The molecule has 0 spiro atoms. The van der Waals surface area contributed by atoms with Gasteiger partial charge in [-0.2, -0.15) is 0 Å². The number of imide groups is 1. The van der Waals surface area contributed by atoms with E-state index in [-0.39, 0.29) is 29.7 Å². The molecular formula is C22H21N3O4S. The minimum absolute atomic E-state index is 0.0297. The number of para-hydroxylation sites is 1. The van der Waals surface area contributed by atoms with Crippen LogP contribution >= 0.6 is 0 Å². The predicted molar refractivity (Wildman–Crippen MR) is 113 cm³/mol. The van der Waals surface area contributed by atoms with Crippen LogP contribution in [0.1, 0.15) is 30.4 Å². The Balaban J connectivity index is 1.80. The van der Waals surface area contributed by atoms with Gasteiger partial charge < -0.3 is 0 Å². The maximum atomic E-state index is 13.4. The molecule has 8 heteroatoms. The largest absolute Gasteiger partial charge is 0.282 e. The molecule has 1 unspecified atom stereocenters. The molecule has 2 amide bonds. The van der Waals surface area contributed by atoms with Crippen LogP contribution in [-0.2, 0) is 19.6 Å². The summed E-state index contributed by atoms with van der Waals surface area (Å²) in [6.45, 7) is 3.67. The average Bonchev–Trinajstić information content (AvgIpc) is 3.01. The molecule has 4 rings (SSSR count). The Hall–Kier alpha value is -3.26. The zero-order chi connectivity index (χ0) is 21.5. The van der Waals surface area contributed by atoms with Crippen LogP contribution < -0.4 is 4.72 Å². The lowest BCUT2D eigenvalue weighted by Gasteiger charge is -2.18. The Labute approximate surface area is 174 Å². The van der Waals surface area contributed by atoms with Gasteiger partial charge in [0.05, 0.1) is 22.0 Å². The van der Waals surface area contributed by atoms with E-state index in [1.807, 2.05) is 12.1 Å². The summed E-state index contributed by atoms with van der Waals surface area (Å²) in [5.74, 6) is -1.46. The fourth-order valence-corrected chi connectivity index (χ4v) is 5.53. The standard InChI is InChI=1S/C22H21N3O4S/c1-3-25-19(26)13-17(22(25)27)16-10-4-7-14(2)21(16)30(28,29)24-18-11-5-8-15-9-6-12-23-20(15)18/h4-12,17,24H,3,13H2,1-2H3. The number of likely N-dealkylation sites (tertiary alicyclic amines) is 1. The first-order chi connectivity index (χ1) is 14.3. The fourth-order valence-electron chi connectivity index (χ4n) is 3.96. The summed E-state index contributed by atoms with van der Waals surface area (Å²) in [5.41, 5.74) is 1.72. The van der Waals surface area contributed by atoms with Crippen LogP contribution in [0, 0.1) is 6.92 Å².